The number of β-amino-alcohol motifs (C(OH)–C–C–N with tert-alkyl or cyclic N) is 1. The number of nitrogens with zero attached hydrogens (tertiary/aromatic N) is 5. The number of aliphatic hydroxyl groups excluding tert-OH is 1. The number of benzene rings is 2. The summed E-state index contributed by atoms with van der Waals surface area (Å²) in [4.78, 5) is 11.3. The molecule has 2 atom stereocenters. The monoisotopic (exact) mass is 393 g/mol. The van der Waals surface area contributed by atoms with Crippen molar-refractivity contribution in [2.24, 2.45) is 7.05 Å². The van der Waals surface area contributed by atoms with E-state index in [1.165, 1.54) is 12.1 Å². The number of rotatable bonds is 4. The van der Waals surface area contributed by atoms with Gasteiger partial charge in [0.2, 0.25) is 11.7 Å². The van der Waals surface area contributed by atoms with Crippen LogP contribution in [0.15, 0.2) is 53.1 Å². The summed E-state index contributed by atoms with van der Waals surface area (Å²) < 4.78 is 20.7. The van der Waals surface area contributed by atoms with Crippen molar-refractivity contribution in [3.8, 4) is 11.4 Å². The number of fused-ring (bicyclic) bond motifs is 1. The van der Waals surface area contributed by atoms with E-state index in [-0.39, 0.29) is 11.9 Å². The van der Waals surface area contributed by atoms with Crippen LogP contribution in [0.3, 0.4) is 0 Å². The lowest BCUT2D eigenvalue weighted by atomic mass is 10.2. The minimum Gasteiger partial charge on any atom is -0.392 e. The Kier molecular flexibility index (Phi) is 4.37. The van der Waals surface area contributed by atoms with Gasteiger partial charge in [-0.05, 0) is 42.8 Å². The maximum Gasteiger partial charge on any atom is 0.244 e. The number of hydrogen-bond acceptors (Lipinski definition) is 6. The van der Waals surface area contributed by atoms with Gasteiger partial charge in [0.05, 0.1) is 29.7 Å². The highest BCUT2D eigenvalue weighted by Crippen LogP contribution is 2.33. The van der Waals surface area contributed by atoms with Crippen molar-refractivity contribution in [2.45, 2.75) is 25.1 Å². The Morgan fingerprint density at radius 3 is 2.72 bits per heavy atom. The number of halogens is 1. The Hall–Kier alpha value is -3.10. The second-order valence-corrected chi connectivity index (χ2v) is 7.37. The van der Waals surface area contributed by atoms with E-state index in [1.54, 1.807) is 12.1 Å². The first-order valence-corrected chi connectivity index (χ1v) is 9.50. The third-order valence-electron chi connectivity index (χ3n) is 5.43. The molecular weight excluding hydrogens is 373 g/mol. The first kappa shape index (κ1) is 18.0. The molecule has 0 radical (unpaired) electrons. The molecule has 8 heteroatoms. The van der Waals surface area contributed by atoms with Crippen molar-refractivity contribution in [2.75, 3.05) is 6.54 Å². The molecule has 1 N–H and O–H groups in total. The Morgan fingerprint density at radius 1 is 1.14 bits per heavy atom. The fourth-order valence-corrected chi connectivity index (χ4v) is 3.92. The van der Waals surface area contributed by atoms with Crippen LogP contribution in [0, 0.1) is 5.82 Å². The lowest BCUT2D eigenvalue weighted by Crippen LogP contribution is -2.26. The van der Waals surface area contributed by atoms with Crippen LogP contribution in [0.25, 0.3) is 22.4 Å². The maximum atomic E-state index is 13.2. The van der Waals surface area contributed by atoms with Crippen LogP contribution in [0.5, 0.6) is 0 Å². The zero-order chi connectivity index (χ0) is 20.0. The predicted molar refractivity (Wildman–Crippen MR) is 104 cm³/mol. The third-order valence-corrected chi connectivity index (χ3v) is 5.43. The largest absolute Gasteiger partial charge is 0.392 e. The smallest absolute Gasteiger partial charge is 0.244 e. The van der Waals surface area contributed by atoms with Crippen LogP contribution < -0.4 is 0 Å². The molecule has 7 nitrogen and oxygen atoms in total. The van der Waals surface area contributed by atoms with Crippen LogP contribution in [0.2, 0.25) is 0 Å². The van der Waals surface area contributed by atoms with E-state index in [2.05, 4.69) is 19.6 Å². The standard InChI is InChI=1S/C21H20FN5O2/c1-26-17-5-3-2-4-16(17)23-19(26)12-27-11-15(28)10-18(27)21-24-20(25-29-21)13-6-8-14(22)9-7-13/h2-9,15,18,28H,10-12H2,1H3. The van der Waals surface area contributed by atoms with E-state index in [9.17, 15) is 9.50 Å². The molecule has 0 bridgehead atoms. The quantitative estimate of drug-likeness (QED) is 0.574. The van der Waals surface area contributed by atoms with Gasteiger partial charge < -0.3 is 14.2 Å². The predicted octanol–water partition coefficient (Wildman–Crippen LogP) is 3.07. The highest BCUT2D eigenvalue weighted by Gasteiger charge is 2.36. The van der Waals surface area contributed by atoms with Crippen LogP contribution in [0.4, 0.5) is 4.39 Å². The lowest BCUT2D eigenvalue weighted by molar-refractivity contribution is 0.167. The molecule has 0 saturated carbocycles. The summed E-state index contributed by atoms with van der Waals surface area (Å²) in [6.45, 7) is 1.06. The minimum absolute atomic E-state index is 0.202. The molecule has 29 heavy (non-hydrogen) atoms. The third kappa shape index (κ3) is 3.30. The van der Waals surface area contributed by atoms with Crippen LogP contribution in [-0.4, -0.2) is 42.3 Å². The summed E-state index contributed by atoms with van der Waals surface area (Å²) in [7, 11) is 1.99. The zero-order valence-corrected chi connectivity index (χ0v) is 15.9. The van der Waals surface area contributed by atoms with E-state index in [4.69, 9.17) is 9.51 Å². The van der Waals surface area contributed by atoms with E-state index in [0.29, 0.717) is 36.8 Å². The summed E-state index contributed by atoms with van der Waals surface area (Å²) in [5.74, 6) is 1.44. The molecule has 148 valence electrons. The molecule has 1 saturated heterocycles. The number of likely N-dealkylation sites (tertiary alicyclic amines) is 1. The molecule has 0 amide bonds. The fourth-order valence-electron chi connectivity index (χ4n) is 3.92. The molecule has 1 aliphatic rings. The van der Waals surface area contributed by atoms with E-state index in [1.807, 2.05) is 31.3 Å². The van der Waals surface area contributed by atoms with Crippen molar-refractivity contribution in [1.82, 2.24) is 24.6 Å². The van der Waals surface area contributed by atoms with Gasteiger partial charge in [-0.2, -0.15) is 4.98 Å². The maximum absolute atomic E-state index is 13.2. The van der Waals surface area contributed by atoms with Crippen LogP contribution >= 0.6 is 0 Å². The molecule has 2 aromatic heterocycles. The second-order valence-electron chi connectivity index (χ2n) is 7.37. The summed E-state index contributed by atoms with van der Waals surface area (Å²) in [6, 6.07) is 13.7. The molecule has 2 aromatic carbocycles. The second kappa shape index (κ2) is 7.06. The molecular formula is C21H20FN5O2. The van der Waals surface area contributed by atoms with Crippen molar-refractivity contribution in [3.05, 3.63) is 66.1 Å². The molecule has 0 spiro atoms. The Labute approximate surface area is 166 Å². The first-order chi connectivity index (χ1) is 14.1. The number of hydrogen-bond donors (Lipinski definition) is 1. The summed E-state index contributed by atoms with van der Waals surface area (Å²) in [5, 5.41) is 14.3. The van der Waals surface area contributed by atoms with Crippen LogP contribution in [0.1, 0.15) is 24.2 Å². The fraction of sp³-hybridized carbons (Fsp3) is 0.286. The van der Waals surface area contributed by atoms with Gasteiger partial charge in [-0.15, -0.1) is 0 Å². The van der Waals surface area contributed by atoms with Crippen molar-refractivity contribution >= 4 is 11.0 Å². The van der Waals surface area contributed by atoms with Gasteiger partial charge in [-0.25, -0.2) is 9.37 Å². The average molecular weight is 393 g/mol. The summed E-state index contributed by atoms with van der Waals surface area (Å²) >= 11 is 0. The molecule has 0 aliphatic carbocycles. The lowest BCUT2D eigenvalue weighted by Gasteiger charge is -2.20. The van der Waals surface area contributed by atoms with Gasteiger partial charge in [0.25, 0.3) is 0 Å². The summed E-state index contributed by atoms with van der Waals surface area (Å²) in [5.41, 5.74) is 2.69. The van der Waals surface area contributed by atoms with Gasteiger partial charge >= 0.3 is 0 Å². The SMILES string of the molecule is Cn1c(CN2CC(O)CC2c2nc(-c3ccc(F)cc3)no2)nc2ccccc21. The first-order valence-electron chi connectivity index (χ1n) is 9.50. The van der Waals surface area contributed by atoms with E-state index < -0.39 is 6.10 Å². The van der Waals surface area contributed by atoms with Crippen molar-refractivity contribution < 1.29 is 14.0 Å². The molecule has 1 fully saturated rings. The van der Waals surface area contributed by atoms with Gasteiger partial charge in [0.1, 0.15) is 11.6 Å². The Balaban J connectivity index is 1.42. The molecule has 2 unspecified atom stereocenters. The van der Waals surface area contributed by atoms with E-state index in [0.717, 1.165) is 16.9 Å². The zero-order valence-electron chi connectivity index (χ0n) is 15.9. The summed E-state index contributed by atoms with van der Waals surface area (Å²) in [6.07, 6.45) is 0.0329. The highest BCUT2D eigenvalue weighted by atomic mass is 19.1. The van der Waals surface area contributed by atoms with Gasteiger partial charge in [0.15, 0.2) is 0 Å². The van der Waals surface area contributed by atoms with Crippen molar-refractivity contribution in [1.29, 1.82) is 0 Å². The molecule has 3 heterocycles. The average Bonchev–Trinajstić information content (AvgIpc) is 3.41. The molecule has 1 aliphatic heterocycles. The Bertz CT molecular complexity index is 1150. The highest BCUT2D eigenvalue weighted by molar-refractivity contribution is 5.75. The Morgan fingerprint density at radius 2 is 1.93 bits per heavy atom. The minimum atomic E-state index is -0.476. The number of imidazole rings is 1. The topological polar surface area (TPSA) is 80.2 Å². The van der Waals surface area contributed by atoms with Gasteiger partial charge in [0, 0.05) is 19.2 Å². The number of aryl methyl sites for hydroxylation is 1. The number of para-hydroxylation sites is 2. The molecule has 4 aromatic rings. The van der Waals surface area contributed by atoms with Gasteiger partial charge in [-0.3, -0.25) is 4.90 Å². The molecule has 5 rings (SSSR count). The number of aromatic nitrogens is 4. The van der Waals surface area contributed by atoms with Crippen LogP contribution in [-0.2, 0) is 13.6 Å². The van der Waals surface area contributed by atoms with Crippen molar-refractivity contribution in [3.63, 3.8) is 0 Å². The van der Waals surface area contributed by atoms with E-state index >= 15 is 0 Å². The normalized spacial score (nSPS) is 20.0. The van der Waals surface area contributed by atoms with Gasteiger partial charge in [-0.1, -0.05) is 17.3 Å². The number of aliphatic hydroxyl groups is 1.